The molecule has 3 N–H and O–H groups in total. The Morgan fingerprint density at radius 1 is 1.42 bits per heavy atom. The zero-order chi connectivity index (χ0) is 19.5. The highest BCUT2D eigenvalue weighted by molar-refractivity contribution is 7.89. The van der Waals surface area contributed by atoms with Crippen molar-refractivity contribution < 1.29 is 27.5 Å². The van der Waals surface area contributed by atoms with E-state index in [2.05, 4.69) is 11.4 Å². The summed E-state index contributed by atoms with van der Waals surface area (Å²) < 4.78 is 32.8. The van der Waals surface area contributed by atoms with Crippen molar-refractivity contribution in [1.82, 2.24) is 5.32 Å². The van der Waals surface area contributed by atoms with Gasteiger partial charge in [0.2, 0.25) is 10.0 Å². The number of esters is 1. The van der Waals surface area contributed by atoms with Crippen molar-refractivity contribution in [2.75, 3.05) is 13.7 Å². The van der Waals surface area contributed by atoms with E-state index in [-0.39, 0.29) is 22.1 Å². The number of carbonyl (C=O) groups excluding carboxylic acids is 2. The Morgan fingerprint density at radius 3 is 2.58 bits per heavy atom. The van der Waals surface area contributed by atoms with Gasteiger partial charge in [-0.25, -0.2) is 18.4 Å². The van der Waals surface area contributed by atoms with Crippen LogP contribution in [0.2, 0.25) is 0 Å². The summed E-state index contributed by atoms with van der Waals surface area (Å²) in [5.41, 5.74) is -1.19. The molecule has 1 fully saturated rings. The summed E-state index contributed by atoms with van der Waals surface area (Å²) in [4.78, 5) is 23.9. The number of rotatable bonds is 7. The molecule has 1 aromatic rings. The van der Waals surface area contributed by atoms with Gasteiger partial charge in [0.05, 0.1) is 18.1 Å². The molecule has 1 saturated carbocycles. The highest BCUT2D eigenvalue weighted by Gasteiger charge is 2.43. The topological polar surface area (TPSA) is 149 Å². The molecule has 0 heterocycles. The van der Waals surface area contributed by atoms with Crippen molar-refractivity contribution in [3.8, 4) is 11.8 Å². The van der Waals surface area contributed by atoms with Gasteiger partial charge in [-0.05, 0) is 43.9 Å². The van der Waals surface area contributed by atoms with Crippen molar-refractivity contribution >= 4 is 21.9 Å². The summed E-state index contributed by atoms with van der Waals surface area (Å²) in [7, 11) is -2.73. The summed E-state index contributed by atoms with van der Waals surface area (Å²) in [6.45, 7) is 0.995. The van der Waals surface area contributed by atoms with Gasteiger partial charge in [0.1, 0.15) is 16.9 Å². The third kappa shape index (κ3) is 4.50. The van der Waals surface area contributed by atoms with Gasteiger partial charge in [0.15, 0.2) is 6.61 Å². The summed E-state index contributed by atoms with van der Waals surface area (Å²) in [6, 6.07) is 5.52. The maximum atomic E-state index is 12.2. The predicted molar refractivity (Wildman–Crippen MR) is 89.5 cm³/mol. The molecule has 9 nitrogen and oxygen atoms in total. The zero-order valence-corrected chi connectivity index (χ0v) is 15.1. The van der Waals surface area contributed by atoms with Crippen LogP contribution in [0.15, 0.2) is 23.1 Å². The van der Waals surface area contributed by atoms with Crippen LogP contribution < -0.4 is 15.2 Å². The molecule has 26 heavy (non-hydrogen) atoms. The first-order valence-corrected chi connectivity index (χ1v) is 9.25. The summed E-state index contributed by atoms with van der Waals surface area (Å²) >= 11 is 0. The minimum absolute atomic E-state index is 0.0719. The lowest BCUT2D eigenvalue weighted by Gasteiger charge is -2.22. The van der Waals surface area contributed by atoms with Gasteiger partial charge in [0, 0.05) is 0 Å². The molecule has 0 aromatic heterocycles. The van der Waals surface area contributed by atoms with Crippen LogP contribution in [-0.2, 0) is 19.6 Å². The lowest BCUT2D eigenvalue weighted by atomic mass is 9.98. The minimum Gasteiger partial charge on any atom is -0.496 e. The normalized spacial score (nSPS) is 16.1. The quantitative estimate of drug-likeness (QED) is 0.645. The molecule has 0 spiro atoms. The first-order chi connectivity index (χ1) is 12.1. The molecule has 1 atom stereocenters. The lowest BCUT2D eigenvalue weighted by Crippen LogP contribution is -2.48. The number of nitrogens with zero attached hydrogens (tertiary/aromatic N) is 1. The molecule has 140 valence electrons. The van der Waals surface area contributed by atoms with E-state index in [0.29, 0.717) is 0 Å². The average Bonchev–Trinajstić information content (AvgIpc) is 3.43. The Hall–Kier alpha value is -2.64. The lowest BCUT2D eigenvalue weighted by molar-refractivity contribution is -0.125. The maximum Gasteiger partial charge on any atom is 0.342 e. The Balaban J connectivity index is 2.08. The molecule has 10 heteroatoms. The molecule has 1 aliphatic carbocycles. The Morgan fingerprint density at radius 2 is 2.08 bits per heavy atom. The average molecular weight is 381 g/mol. The number of amides is 1. The molecule has 1 amide bonds. The number of sulfonamides is 1. The van der Waals surface area contributed by atoms with Gasteiger partial charge < -0.3 is 14.8 Å². The summed E-state index contributed by atoms with van der Waals surface area (Å²) in [6.07, 6.45) is 1.70. The SMILES string of the molecule is COc1ccc(S(N)(=O)=O)cc1C(=O)OCC(=O)N[C@@](C)(C#N)C1CC1. The Bertz CT molecular complexity index is 872. The van der Waals surface area contributed by atoms with E-state index < -0.39 is 34.0 Å². The van der Waals surface area contributed by atoms with Gasteiger partial charge >= 0.3 is 5.97 Å². The van der Waals surface area contributed by atoms with Gasteiger partial charge in [-0.15, -0.1) is 0 Å². The molecule has 0 unspecified atom stereocenters. The first-order valence-electron chi connectivity index (χ1n) is 7.71. The molecule has 0 aliphatic heterocycles. The molecule has 1 aliphatic rings. The molecule has 1 aromatic carbocycles. The van der Waals surface area contributed by atoms with Crippen LogP contribution in [0.3, 0.4) is 0 Å². The van der Waals surface area contributed by atoms with Crippen molar-refractivity contribution in [2.24, 2.45) is 11.1 Å². The molecular weight excluding hydrogens is 362 g/mol. The zero-order valence-electron chi connectivity index (χ0n) is 14.3. The third-order valence-electron chi connectivity index (χ3n) is 4.08. The van der Waals surface area contributed by atoms with Crippen LogP contribution >= 0.6 is 0 Å². The summed E-state index contributed by atoms with van der Waals surface area (Å²) in [5.74, 6) is -1.43. The fourth-order valence-corrected chi connectivity index (χ4v) is 2.98. The van der Waals surface area contributed by atoms with Crippen LogP contribution in [0.1, 0.15) is 30.1 Å². The van der Waals surface area contributed by atoms with Gasteiger partial charge in [-0.3, -0.25) is 4.79 Å². The van der Waals surface area contributed by atoms with Crippen LogP contribution in [0.5, 0.6) is 5.75 Å². The number of methoxy groups -OCH3 is 1. The number of benzene rings is 1. The molecule has 0 saturated heterocycles. The van der Waals surface area contributed by atoms with E-state index in [4.69, 9.17) is 14.6 Å². The number of nitrogens with two attached hydrogens (primary N) is 1. The van der Waals surface area contributed by atoms with Gasteiger partial charge in [0.25, 0.3) is 5.91 Å². The van der Waals surface area contributed by atoms with Crippen LogP contribution in [-0.4, -0.2) is 39.5 Å². The van der Waals surface area contributed by atoms with E-state index in [9.17, 15) is 23.3 Å². The third-order valence-corrected chi connectivity index (χ3v) is 4.99. The van der Waals surface area contributed by atoms with Crippen molar-refractivity contribution in [2.45, 2.75) is 30.2 Å². The maximum absolute atomic E-state index is 12.2. The van der Waals surface area contributed by atoms with E-state index in [1.807, 2.05) is 0 Å². The molecule has 0 bridgehead atoms. The van der Waals surface area contributed by atoms with Gasteiger partial charge in [-0.1, -0.05) is 0 Å². The van der Waals surface area contributed by atoms with Crippen LogP contribution in [0, 0.1) is 17.2 Å². The Kier molecular flexibility index (Phi) is 5.53. The van der Waals surface area contributed by atoms with Crippen molar-refractivity contribution in [3.05, 3.63) is 23.8 Å². The number of hydrogen-bond acceptors (Lipinski definition) is 7. The van der Waals surface area contributed by atoms with Crippen molar-refractivity contribution in [1.29, 1.82) is 5.26 Å². The van der Waals surface area contributed by atoms with Crippen molar-refractivity contribution in [3.63, 3.8) is 0 Å². The fourth-order valence-electron chi connectivity index (χ4n) is 2.44. The number of nitrogens with one attached hydrogen (secondary N) is 1. The predicted octanol–water partition coefficient (Wildman–Crippen LogP) is 0.308. The molecule has 2 rings (SSSR count). The second-order valence-electron chi connectivity index (χ2n) is 6.12. The number of nitriles is 1. The second kappa shape index (κ2) is 7.31. The van der Waals surface area contributed by atoms with Crippen LogP contribution in [0.25, 0.3) is 0 Å². The van der Waals surface area contributed by atoms with E-state index in [0.717, 1.165) is 18.9 Å². The molecule has 0 radical (unpaired) electrons. The fraction of sp³-hybridized carbons (Fsp3) is 0.438. The number of ether oxygens (including phenoxy) is 2. The smallest absolute Gasteiger partial charge is 0.342 e. The largest absolute Gasteiger partial charge is 0.496 e. The van der Waals surface area contributed by atoms with Crippen LogP contribution in [0.4, 0.5) is 0 Å². The standard InChI is InChI=1S/C16H19N3O6S/c1-16(9-17,10-3-4-10)19-14(20)8-25-15(21)12-7-11(26(18,22)23)5-6-13(12)24-2/h5-7,10H,3-4,8H2,1-2H3,(H,19,20)(H2,18,22,23)/t16-/m0/s1. The van der Waals surface area contributed by atoms with E-state index in [1.54, 1.807) is 6.92 Å². The highest BCUT2D eigenvalue weighted by atomic mass is 32.2. The number of primary sulfonamides is 1. The number of hydrogen-bond donors (Lipinski definition) is 2. The summed E-state index contributed by atoms with van der Waals surface area (Å²) in [5, 5.41) is 16.8. The second-order valence-corrected chi connectivity index (χ2v) is 7.68. The monoisotopic (exact) mass is 381 g/mol. The molecular formula is C16H19N3O6S. The Labute approximate surface area is 151 Å². The van der Waals surface area contributed by atoms with E-state index in [1.165, 1.54) is 19.2 Å². The number of carbonyl (C=O) groups is 2. The van der Waals surface area contributed by atoms with E-state index >= 15 is 0 Å². The first kappa shape index (κ1) is 19.7. The highest BCUT2D eigenvalue weighted by Crippen LogP contribution is 2.39. The van der Waals surface area contributed by atoms with Gasteiger partial charge in [-0.2, -0.15) is 5.26 Å². The minimum atomic E-state index is -4.02.